The van der Waals surface area contributed by atoms with Gasteiger partial charge in [0.2, 0.25) is 5.82 Å². The van der Waals surface area contributed by atoms with Gasteiger partial charge < -0.3 is 0 Å². The van der Waals surface area contributed by atoms with Crippen molar-refractivity contribution in [3.8, 4) is 11.5 Å². The van der Waals surface area contributed by atoms with Gasteiger partial charge in [-0.2, -0.15) is 5.10 Å². The third-order valence-corrected chi connectivity index (χ3v) is 6.61. The number of thiophene rings is 1. The molecule has 128 valence electrons. The number of aryl methyl sites for hydroxylation is 2. The summed E-state index contributed by atoms with van der Waals surface area (Å²) >= 11 is 8.08. The topological polar surface area (TPSA) is 60.9 Å². The Morgan fingerprint density at radius 2 is 2.28 bits per heavy atom. The Balaban J connectivity index is 1.74. The van der Waals surface area contributed by atoms with Crippen LogP contribution in [0.2, 0.25) is 5.02 Å². The van der Waals surface area contributed by atoms with Crippen LogP contribution < -0.4 is 0 Å². The van der Waals surface area contributed by atoms with Crippen molar-refractivity contribution in [1.82, 2.24) is 29.4 Å². The molecule has 4 heterocycles. The molecule has 1 atom stereocenters. The third kappa shape index (κ3) is 2.22. The fraction of sp³-hybridized carbons (Fsp3) is 0.412. The van der Waals surface area contributed by atoms with Crippen LogP contribution in [0.5, 0.6) is 0 Å². The zero-order chi connectivity index (χ0) is 17.1. The second kappa shape index (κ2) is 5.51. The summed E-state index contributed by atoms with van der Waals surface area (Å²) in [6, 6.07) is 0. The van der Waals surface area contributed by atoms with Crippen LogP contribution in [0, 0.1) is 5.92 Å². The van der Waals surface area contributed by atoms with Gasteiger partial charge in [-0.25, -0.2) is 14.5 Å². The molecule has 0 unspecified atom stereocenters. The Morgan fingerprint density at radius 1 is 1.40 bits per heavy atom. The lowest BCUT2D eigenvalue weighted by molar-refractivity contribution is 0.451. The van der Waals surface area contributed by atoms with E-state index in [4.69, 9.17) is 16.6 Å². The summed E-state index contributed by atoms with van der Waals surface area (Å²) in [5, 5.41) is 10.5. The van der Waals surface area contributed by atoms with Crippen molar-refractivity contribution in [3.05, 3.63) is 28.0 Å². The van der Waals surface area contributed by atoms with E-state index in [-0.39, 0.29) is 0 Å². The van der Waals surface area contributed by atoms with Crippen LogP contribution in [-0.2, 0) is 19.9 Å². The molecule has 0 radical (unpaired) electrons. The number of hydrogen-bond acceptors (Lipinski definition) is 5. The molecule has 0 amide bonds. The lowest BCUT2D eigenvalue weighted by atomic mass is 9.86. The molecule has 4 aromatic rings. The van der Waals surface area contributed by atoms with Crippen LogP contribution in [0.25, 0.3) is 27.4 Å². The standard InChI is InChI=1S/C17H17ClN6S/c1-3-9-4-5-10-12(6-9)25-17-13(10)16-21-15(22-24(16)8-19-17)14-11(18)7-20-23(14)2/h7-9H,3-6H2,1-2H3/t9-/m0/s1. The molecule has 8 heteroatoms. The lowest BCUT2D eigenvalue weighted by Crippen LogP contribution is -2.11. The average molecular weight is 373 g/mol. The minimum absolute atomic E-state index is 0.556. The number of fused-ring (bicyclic) bond motifs is 5. The first-order valence-electron chi connectivity index (χ1n) is 8.49. The van der Waals surface area contributed by atoms with E-state index >= 15 is 0 Å². The van der Waals surface area contributed by atoms with Crippen LogP contribution >= 0.6 is 22.9 Å². The molecule has 4 aromatic heterocycles. The highest BCUT2D eigenvalue weighted by atomic mass is 35.5. The molecule has 0 N–H and O–H groups in total. The van der Waals surface area contributed by atoms with E-state index in [9.17, 15) is 0 Å². The minimum Gasteiger partial charge on any atom is -0.263 e. The van der Waals surface area contributed by atoms with Gasteiger partial charge in [-0.15, -0.1) is 16.4 Å². The van der Waals surface area contributed by atoms with Crippen LogP contribution in [0.15, 0.2) is 12.5 Å². The summed E-state index contributed by atoms with van der Waals surface area (Å²) in [4.78, 5) is 12.0. The SMILES string of the molecule is CC[C@H]1CCc2c(sc3ncn4nc(-c5c(Cl)cnn5C)nc4c23)C1. The molecule has 0 bridgehead atoms. The van der Waals surface area contributed by atoms with Crippen LogP contribution in [0.3, 0.4) is 0 Å². The van der Waals surface area contributed by atoms with Gasteiger partial charge in [-0.3, -0.25) is 4.68 Å². The molecule has 0 aliphatic heterocycles. The van der Waals surface area contributed by atoms with Gasteiger partial charge in [-0.1, -0.05) is 24.9 Å². The summed E-state index contributed by atoms with van der Waals surface area (Å²) in [6.45, 7) is 2.28. The van der Waals surface area contributed by atoms with E-state index in [1.54, 1.807) is 21.7 Å². The zero-order valence-corrected chi connectivity index (χ0v) is 15.6. The summed E-state index contributed by atoms with van der Waals surface area (Å²) < 4.78 is 3.47. The smallest absolute Gasteiger partial charge is 0.202 e. The lowest BCUT2D eigenvalue weighted by Gasteiger charge is -2.20. The largest absolute Gasteiger partial charge is 0.263 e. The van der Waals surface area contributed by atoms with Crippen molar-refractivity contribution in [3.63, 3.8) is 0 Å². The van der Waals surface area contributed by atoms with Crippen molar-refractivity contribution >= 4 is 38.8 Å². The molecule has 5 rings (SSSR count). The maximum atomic E-state index is 6.27. The highest BCUT2D eigenvalue weighted by molar-refractivity contribution is 7.19. The Labute approximate surface area is 153 Å². The fourth-order valence-corrected chi connectivity index (χ4v) is 5.30. The molecule has 25 heavy (non-hydrogen) atoms. The van der Waals surface area contributed by atoms with Crippen molar-refractivity contribution in [2.45, 2.75) is 32.6 Å². The highest BCUT2D eigenvalue weighted by Crippen LogP contribution is 2.39. The normalized spacial score (nSPS) is 17.5. The second-order valence-electron chi connectivity index (χ2n) is 6.61. The summed E-state index contributed by atoms with van der Waals surface area (Å²) in [5.41, 5.74) is 3.01. The van der Waals surface area contributed by atoms with E-state index in [1.165, 1.54) is 23.3 Å². The van der Waals surface area contributed by atoms with E-state index in [0.29, 0.717) is 10.8 Å². The molecule has 1 aliphatic carbocycles. The number of halogens is 1. The second-order valence-corrected chi connectivity index (χ2v) is 8.10. The number of hydrogen-bond donors (Lipinski definition) is 0. The number of nitrogens with zero attached hydrogens (tertiary/aromatic N) is 6. The molecular formula is C17H17ClN6S. The summed E-state index contributed by atoms with van der Waals surface area (Å²) in [7, 11) is 1.85. The van der Waals surface area contributed by atoms with Gasteiger partial charge in [0.25, 0.3) is 0 Å². The van der Waals surface area contributed by atoms with Crippen molar-refractivity contribution < 1.29 is 0 Å². The van der Waals surface area contributed by atoms with E-state index in [0.717, 1.165) is 40.3 Å². The van der Waals surface area contributed by atoms with Crippen LogP contribution in [-0.4, -0.2) is 29.4 Å². The van der Waals surface area contributed by atoms with E-state index in [2.05, 4.69) is 22.1 Å². The fourth-order valence-electron chi connectivity index (χ4n) is 3.75. The van der Waals surface area contributed by atoms with Crippen molar-refractivity contribution in [2.75, 3.05) is 0 Å². The Morgan fingerprint density at radius 3 is 3.04 bits per heavy atom. The van der Waals surface area contributed by atoms with Gasteiger partial charge in [0, 0.05) is 11.9 Å². The maximum absolute atomic E-state index is 6.27. The Bertz CT molecular complexity index is 1090. The Hall–Kier alpha value is -1.99. The van der Waals surface area contributed by atoms with Gasteiger partial charge in [0.1, 0.15) is 16.9 Å². The van der Waals surface area contributed by atoms with E-state index < -0.39 is 0 Å². The number of aromatic nitrogens is 6. The highest BCUT2D eigenvalue weighted by Gasteiger charge is 2.25. The average Bonchev–Trinajstić information content (AvgIpc) is 3.27. The number of rotatable bonds is 2. The minimum atomic E-state index is 0.556. The molecule has 0 saturated carbocycles. The van der Waals surface area contributed by atoms with Gasteiger partial charge in [0.15, 0.2) is 5.65 Å². The quantitative estimate of drug-likeness (QED) is 0.535. The van der Waals surface area contributed by atoms with Gasteiger partial charge >= 0.3 is 0 Å². The zero-order valence-electron chi connectivity index (χ0n) is 14.0. The molecule has 6 nitrogen and oxygen atoms in total. The molecule has 0 fully saturated rings. The van der Waals surface area contributed by atoms with Crippen LogP contribution in [0.1, 0.15) is 30.2 Å². The molecule has 0 saturated heterocycles. The first-order chi connectivity index (χ1) is 12.2. The summed E-state index contributed by atoms with van der Waals surface area (Å²) in [6.07, 6.45) is 8.11. The summed E-state index contributed by atoms with van der Waals surface area (Å²) in [5.74, 6) is 1.37. The maximum Gasteiger partial charge on any atom is 0.202 e. The molecule has 1 aliphatic rings. The predicted molar refractivity (Wildman–Crippen MR) is 99.2 cm³/mol. The first kappa shape index (κ1) is 15.3. The van der Waals surface area contributed by atoms with Crippen LogP contribution in [0.4, 0.5) is 0 Å². The van der Waals surface area contributed by atoms with Gasteiger partial charge in [-0.05, 0) is 30.7 Å². The van der Waals surface area contributed by atoms with Crippen molar-refractivity contribution in [2.24, 2.45) is 13.0 Å². The molecule has 0 aromatic carbocycles. The van der Waals surface area contributed by atoms with Crippen molar-refractivity contribution in [1.29, 1.82) is 0 Å². The predicted octanol–water partition coefficient (Wildman–Crippen LogP) is 3.91. The molecule has 0 spiro atoms. The van der Waals surface area contributed by atoms with E-state index in [1.807, 2.05) is 18.4 Å². The first-order valence-corrected chi connectivity index (χ1v) is 9.68. The monoisotopic (exact) mass is 372 g/mol. The Kier molecular flexibility index (Phi) is 3.36. The third-order valence-electron chi connectivity index (χ3n) is 5.17. The molecular weight excluding hydrogens is 356 g/mol. The van der Waals surface area contributed by atoms with Gasteiger partial charge in [0.05, 0.1) is 16.6 Å².